The van der Waals surface area contributed by atoms with Crippen LogP contribution in [-0.2, 0) is 4.74 Å². The normalized spacial score (nSPS) is 41.8. The highest BCUT2D eigenvalue weighted by Gasteiger charge is 2.47. The van der Waals surface area contributed by atoms with Gasteiger partial charge in [-0.3, -0.25) is 0 Å². The van der Waals surface area contributed by atoms with Crippen LogP contribution in [0.1, 0.15) is 52.4 Å². The first-order valence-electron chi connectivity index (χ1n) is 8.07. The summed E-state index contributed by atoms with van der Waals surface area (Å²) in [6, 6.07) is 0.844. The monoisotopic (exact) mass is 251 g/mol. The maximum atomic E-state index is 5.61. The molecule has 0 atom stereocenters. The molecule has 4 bridgehead atoms. The lowest BCUT2D eigenvalue weighted by Gasteiger charge is -2.54. The molecule has 0 aromatic heterocycles. The predicted molar refractivity (Wildman–Crippen MR) is 74.5 cm³/mol. The van der Waals surface area contributed by atoms with Gasteiger partial charge in [-0.2, -0.15) is 0 Å². The van der Waals surface area contributed by atoms with Crippen LogP contribution in [0, 0.1) is 23.7 Å². The highest BCUT2D eigenvalue weighted by molar-refractivity contribution is 5.01. The predicted octanol–water partition coefficient (Wildman–Crippen LogP) is 3.22. The van der Waals surface area contributed by atoms with E-state index >= 15 is 0 Å². The third-order valence-electron chi connectivity index (χ3n) is 5.38. The smallest absolute Gasteiger partial charge is 0.0518 e. The Hall–Kier alpha value is -0.0800. The van der Waals surface area contributed by atoms with E-state index in [1.165, 1.54) is 32.1 Å². The molecule has 4 aliphatic rings. The van der Waals surface area contributed by atoms with Gasteiger partial charge in [0.15, 0.2) is 0 Å². The van der Waals surface area contributed by atoms with Gasteiger partial charge >= 0.3 is 0 Å². The Morgan fingerprint density at radius 3 is 2.17 bits per heavy atom. The molecule has 0 aliphatic heterocycles. The van der Waals surface area contributed by atoms with Crippen molar-refractivity contribution in [3.8, 4) is 0 Å². The number of rotatable bonds is 6. The van der Waals surface area contributed by atoms with Crippen molar-refractivity contribution in [2.75, 3.05) is 13.2 Å². The Kier molecular flexibility index (Phi) is 3.95. The fraction of sp³-hybridized carbons (Fsp3) is 1.00. The lowest BCUT2D eigenvalue weighted by Crippen LogP contribution is -2.54. The Bertz CT molecular complexity index is 248. The zero-order valence-electron chi connectivity index (χ0n) is 12.0. The van der Waals surface area contributed by atoms with Crippen molar-refractivity contribution < 1.29 is 4.74 Å². The third kappa shape index (κ3) is 2.75. The number of hydrogen-bond donors (Lipinski definition) is 1. The second-order valence-corrected chi connectivity index (χ2v) is 7.18. The van der Waals surface area contributed by atoms with E-state index in [0.717, 1.165) is 42.9 Å². The molecule has 1 N–H and O–H groups in total. The Balaban J connectivity index is 1.41. The van der Waals surface area contributed by atoms with Gasteiger partial charge in [0.1, 0.15) is 0 Å². The van der Waals surface area contributed by atoms with E-state index in [4.69, 9.17) is 4.74 Å². The van der Waals surface area contributed by atoms with Crippen molar-refractivity contribution in [2.24, 2.45) is 23.7 Å². The molecule has 0 saturated heterocycles. The van der Waals surface area contributed by atoms with Gasteiger partial charge in [0, 0.05) is 12.6 Å². The van der Waals surface area contributed by atoms with Gasteiger partial charge in [-0.05, 0) is 82.6 Å². The maximum absolute atomic E-state index is 5.61. The molecule has 4 saturated carbocycles. The SMILES string of the molecule is CC(C)OCCCNC1C2CC3CC(C2)CC1C3. The van der Waals surface area contributed by atoms with Crippen molar-refractivity contribution in [1.29, 1.82) is 0 Å². The van der Waals surface area contributed by atoms with Crippen LogP contribution in [0.5, 0.6) is 0 Å². The number of hydrogen-bond acceptors (Lipinski definition) is 2. The average Bonchev–Trinajstić information content (AvgIpc) is 2.30. The number of ether oxygens (including phenoxy) is 1. The molecule has 0 unspecified atom stereocenters. The third-order valence-corrected chi connectivity index (χ3v) is 5.38. The van der Waals surface area contributed by atoms with E-state index in [-0.39, 0.29) is 0 Å². The summed E-state index contributed by atoms with van der Waals surface area (Å²) < 4.78 is 5.61. The van der Waals surface area contributed by atoms with Gasteiger partial charge in [-0.25, -0.2) is 0 Å². The Labute approximate surface area is 112 Å². The van der Waals surface area contributed by atoms with Gasteiger partial charge in [-0.15, -0.1) is 0 Å². The highest BCUT2D eigenvalue weighted by atomic mass is 16.5. The van der Waals surface area contributed by atoms with Gasteiger partial charge in [-0.1, -0.05) is 0 Å². The molecular formula is C16H29NO. The quantitative estimate of drug-likeness (QED) is 0.732. The molecule has 2 nitrogen and oxygen atoms in total. The molecule has 18 heavy (non-hydrogen) atoms. The van der Waals surface area contributed by atoms with Crippen LogP contribution in [-0.4, -0.2) is 25.3 Å². The molecule has 4 rings (SSSR count). The van der Waals surface area contributed by atoms with Gasteiger partial charge < -0.3 is 10.1 Å². The molecule has 0 aromatic carbocycles. The van der Waals surface area contributed by atoms with Crippen molar-refractivity contribution in [3.63, 3.8) is 0 Å². The summed E-state index contributed by atoms with van der Waals surface area (Å²) in [5.41, 5.74) is 0. The zero-order valence-corrected chi connectivity index (χ0v) is 12.0. The molecule has 0 radical (unpaired) electrons. The van der Waals surface area contributed by atoms with E-state index in [0.29, 0.717) is 6.10 Å². The Morgan fingerprint density at radius 2 is 1.61 bits per heavy atom. The van der Waals surface area contributed by atoms with Gasteiger partial charge in [0.25, 0.3) is 0 Å². The molecule has 104 valence electrons. The molecule has 0 heterocycles. The molecule has 2 heteroatoms. The summed E-state index contributed by atoms with van der Waals surface area (Å²) in [6.45, 7) is 6.30. The van der Waals surface area contributed by atoms with Crippen molar-refractivity contribution >= 4 is 0 Å². The first kappa shape index (κ1) is 12.9. The van der Waals surface area contributed by atoms with E-state index in [9.17, 15) is 0 Å². The standard InChI is InChI=1S/C16H29NO/c1-11(2)18-5-3-4-17-16-14-7-12-6-13(9-14)10-15(16)8-12/h11-17H,3-10H2,1-2H3. The molecule has 0 aromatic rings. The second kappa shape index (κ2) is 5.50. The largest absolute Gasteiger partial charge is 0.379 e. The number of nitrogens with one attached hydrogen (secondary N) is 1. The minimum Gasteiger partial charge on any atom is -0.379 e. The van der Waals surface area contributed by atoms with Crippen LogP contribution in [0.3, 0.4) is 0 Å². The van der Waals surface area contributed by atoms with Crippen LogP contribution in [0.2, 0.25) is 0 Å². The first-order valence-corrected chi connectivity index (χ1v) is 8.07. The van der Waals surface area contributed by atoms with Gasteiger partial charge in [0.2, 0.25) is 0 Å². The van der Waals surface area contributed by atoms with Crippen LogP contribution in [0.4, 0.5) is 0 Å². The summed E-state index contributed by atoms with van der Waals surface area (Å²) in [7, 11) is 0. The molecular weight excluding hydrogens is 222 g/mol. The van der Waals surface area contributed by atoms with Crippen molar-refractivity contribution in [3.05, 3.63) is 0 Å². The van der Waals surface area contributed by atoms with Crippen molar-refractivity contribution in [2.45, 2.75) is 64.5 Å². The molecule has 0 amide bonds. The average molecular weight is 251 g/mol. The van der Waals surface area contributed by atoms with Crippen LogP contribution >= 0.6 is 0 Å². The van der Waals surface area contributed by atoms with Gasteiger partial charge in [0.05, 0.1) is 6.10 Å². The summed E-state index contributed by atoms with van der Waals surface area (Å²) >= 11 is 0. The minimum atomic E-state index is 0.381. The summed E-state index contributed by atoms with van der Waals surface area (Å²) in [5, 5.41) is 3.86. The van der Waals surface area contributed by atoms with E-state index < -0.39 is 0 Å². The lowest BCUT2D eigenvalue weighted by atomic mass is 9.54. The van der Waals surface area contributed by atoms with E-state index in [2.05, 4.69) is 19.2 Å². The fourth-order valence-electron chi connectivity index (χ4n) is 4.92. The van der Waals surface area contributed by atoms with E-state index in [1.54, 1.807) is 6.42 Å². The molecule has 4 fully saturated rings. The lowest BCUT2D eigenvalue weighted by molar-refractivity contribution is -0.0146. The maximum Gasteiger partial charge on any atom is 0.0518 e. The topological polar surface area (TPSA) is 21.3 Å². The summed E-state index contributed by atoms with van der Waals surface area (Å²) in [6.07, 6.45) is 9.19. The molecule has 0 spiro atoms. The van der Waals surface area contributed by atoms with Crippen LogP contribution < -0.4 is 5.32 Å². The van der Waals surface area contributed by atoms with E-state index in [1.807, 2.05) is 0 Å². The summed E-state index contributed by atoms with van der Waals surface area (Å²) in [5.74, 6) is 4.20. The zero-order chi connectivity index (χ0) is 12.5. The Morgan fingerprint density at radius 1 is 1.00 bits per heavy atom. The van der Waals surface area contributed by atoms with Crippen LogP contribution in [0.15, 0.2) is 0 Å². The van der Waals surface area contributed by atoms with Crippen LogP contribution in [0.25, 0.3) is 0 Å². The minimum absolute atomic E-state index is 0.381. The molecule has 4 aliphatic carbocycles. The highest BCUT2D eigenvalue weighted by Crippen LogP contribution is 2.53. The first-order chi connectivity index (χ1) is 8.72. The second-order valence-electron chi connectivity index (χ2n) is 7.18. The summed E-state index contributed by atoms with van der Waals surface area (Å²) in [4.78, 5) is 0. The van der Waals surface area contributed by atoms with Crippen molar-refractivity contribution in [1.82, 2.24) is 5.32 Å². The fourth-order valence-corrected chi connectivity index (χ4v) is 4.92.